The van der Waals surface area contributed by atoms with Gasteiger partial charge in [0.2, 0.25) is 10.0 Å². The average molecular weight is 534 g/mol. The minimum absolute atomic E-state index is 0.000551. The summed E-state index contributed by atoms with van der Waals surface area (Å²) >= 11 is 0. The molecule has 0 spiro atoms. The molecule has 2 atom stereocenters. The molecular weight excluding hydrogens is 508 g/mol. The second-order valence-electron chi connectivity index (χ2n) is 7.80. The highest BCUT2D eigenvalue weighted by atomic mass is 32.5. The van der Waals surface area contributed by atoms with E-state index in [1.54, 1.807) is 13.8 Å². The number of sulfonamides is 1. The Hall–Kier alpha value is -2.45. The summed E-state index contributed by atoms with van der Waals surface area (Å²) < 4.78 is 106. The van der Waals surface area contributed by atoms with Crippen molar-refractivity contribution in [2.45, 2.75) is 43.2 Å². The fourth-order valence-corrected chi connectivity index (χ4v) is 4.85. The van der Waals surface area contributed by atoms with E-state index in [0.717, 1.165) is 36.7 Å². The van der Waals surface area contributed by atoms with Crippen LogP contribution in [0.4, 0.5) is 35.2 Å². The molecule has 2 rings (SSSR count). The van der Waals surface area contributed by atoms with Gasteiger partial charge < -0.3 is 15.8 Å². The van der Waals surface area contributed by atoms with Crippen LogP contribution in [-0.4, -0.2) is 32.1 Å². The first-order valence-electron chi connectivity index (χ1n) is 9.89. The van der Waals surface area contributed by atoms with E-state index < -0.39 is 42.6 Å². The number of benzene rings is 2. The van der Waals surface area contributed by atoms with Crippen molar-refractivity contribution in [1.82, 2.24) is 0 Å². The third-order valence-electron chi connectivity index (χ3n) is 5.27. The minimum atomic E-state index is -9.93. The van der Waals surface area contributed by atoms with Crippen molar-refractivity contribution in [1.29, 1.82) is 5.41 Å². The highest BCUT2D eigenvalue weighted by Crippen LogP contribution is 3.02. The molecule has 2 aromatic carbocycles. The van der Waals surface area contributed by atoms with Crippen LogP contribution in [0.5, 0.6) is 0 Å². The number of aliphatic hydroxyl groups excluding tert-OH is 1. The van der Waals surface area contributed by atoms with Crippen LogP contribution in [0, 0.1) is 11.2 Å². The summed E-state index contributed by atoms with van der Waals surface area (Å²) in [6.07, 6.45) is 0.312. The van der Waals surface area contributed by atoms with Crippen molar-refractivity contribution in [3.63, 3.8) is 0 Å². The normalized spacial score (nSPS) is 17.1. The maximum absolute atomic E-state index is 14.3. The van der Waals surface area contributed by atoms with Crippen LogP contribution in [0.1, 0.15) is 37.8 Å². The van der Waals surface area contributed by atoms with Gasteiger partial charge in [-0.3, -0.25) is 4.72 Å². The van der Waals surface area contributed by atoms with E-state index in [9.17, 15) is 37.3 Å². The summed E-state index contributed by atoms with van der Waals surface area (Å²) in [5, 5.41) is 21.3. The van der Waals surface area contributed by atoms with Crippen LogP contribution in [0.3, 0.4) is 0 Å². The molecule has 0 saturated carbocycles. The van der Waals surface area contributed by atoms with Crippen LogP contribution < -0.4 is 10.0 Å². The lowest BCUT2D eigenvalue weighted by molar-refractivity contribution is 0.0884. The highest BCUT2D eigenvalue weighted by Gasteiger charge is 2.65. The third kappa shape index (κ3) is 6.16. The Kier molecular flexibility index (Phi) is 6.82. The molecule has 0 aliphatic carbocycles. The summed E-state index contributed by atoms with van der Waals surface area (Å²) in [6.45, 7) is 3.13. The molecule has 0 aliphatic heterocycles. The van der Waals surface area contributed by atoms with Crippen molar-refractivity contribution in [2.75, 3.05) is 16.3 Å². The summed E-state index contributed by atoms with van der Waals surface area (Å²) in [6, 6.07) is 3.77. The van der Waals surface area contributed by atoms with Crippen molar-refractivity contribution in [3.8, 4) is 0 Å². The standard InChI is InChI=1S/C20H25F6N3O3S2/c1-4-19(30)20(5-2,13-6-8-15(9-7-13)34(22,23,24,25)26)28-17-10-14(21)11-18(16(17)12-27)29-33(3,31)32/h6-12,19,27-30H,4-5H2,1-3H3. The molecule has 0 aliphatic rings. The number of anilines is 2. The number of aliphatic hydroxyl groups is 1. The molecule has 0 fully saturated rings. The lowest BCUT2D eigenvalue weighted by atomic mass is 9.80. The second kappa shape index (κ2) is 8.34. The Morgan fingerprint density at radius 1 is 1.09 bits per heavy atom. The minimum Gasteiger partial charge on any atom is -0.390 e. The Balaban J connectivity index is 2.72. The number of hydrogen-bond donors (Lipinski definition) is 4. The van der Waals surface area contributed by atoms with Crippen LogP contribution >= 0.6 is 10.2 Å². The van der Waals surface area contributed by atoms with Crippen molar-refractivity contribution < 1.29 is 37.3 Å². The Morgan fingerprint density at radius 3 is 2.03 bits per heavy atom. The molecule has 0 amide bonds. The zero-order valence-electron chi connectivity index (χ0n) is 18.4. The summed E-state index contributed by atoms with van der Waals surface area (Å²) in [5.74, 6) is -0.911. The number of rotatable bonds is 10. The molecule has 34 heavy (non-hydrogen) atoms. The number of hydrogen-bond acceptors (Lipinski definition) is 5. The monoisotopic (exact) mass is 533 g/mol. The first-order chi connectivity index (χ1) is 15.3. The zero-order valence-corrected chi connectivity index (χ0v) is 20.0. The average Bonchev–Trinajstić information content (AvgIpc) is 2.68. The fourth-order valence-electron chi connectivity index (χ4n) is 3.64. The van der Waals surface area contributed by atoms with E-state index in [0.29, 0.717) is 0 Å². The summed E-state index contributed by atoms with van der Waals surface area (Å²) in [7, 11) is -13.8. The van der Waals surface area contributed by atoms with E-state index in [-0.39, 0.29) is 47.5 Å². The zero-order chi connectivity index (χ0) is 26.2. The van der Waals surface area contributed by atoms with Gasteiger partial charge in [0, 0.05) is 17.5 Å². The smallest absolute Gasteiger partial charge is 0.310 e. The Morgan fingerprint density at radius 2 is 1.62 bits per heavy atom. The van der Waals surface area contributed by atoms with E-state index in [4.69, 9.17) is 5.41 Å². The molecule has 2 aromatic rings. The first-order valence-corrected chi connectivity index (χ1v) is 13.7. The van der Waals surface area contributed by atoms with Gasteiger partial charge in [-0.1, -0.05) is 45.4 Å². The van der Waals surface area contributed by atoms with Crippen molar-refractivity contribution in [3.05, 3.63) is 53.3 Å². The summed E-state index contributed by atoms with van der Waals surface area (Å²) in [4.78, 5) is -2.11. The predicted molar refractivity (Wildman–Crippen MR) is 122 cm³/mol. The molecule has 4 N–H and O–H groups in total. The Bertz CT molecular complexity index is 1190. The molecule has 0 heterocycles. The van der Waals surface area contributed by atoms with Gasteiger partial charge in [-0.25, -0.2) is 12.8 Å². The van der Waals surface area contributed by atoms with E-state index in [1.165, 1.54) is 0 Å². The highest BCUT2D eigenvalue weighted by molar-refractivity contribution is 8.45. The van der Waals surface area contributed by atoms with Gasteiger partial charge in [0.05, 0.1) is 23.6 Å². The molecule has 6 nitrogen and oxygen atoms in total. The molecule has 0 bridgehead atoms. The van der Waals surface area contributed by atoms with Crippen LogP contribution in [0.15, 0.2) is 41.3 Å². The maximum Gasteiger partial charge on any atom is 0.310 e. The summed E-state index contributed by atoms with van der Waals surface area (Å²) in [5.41, 5.74) is -2.15. The van der Waals surface area contributed by atoms with Gasteiger partial charge in [-0.2, -0.15) is 0 Å². The first kappa shape index (κ1) is 27.8. The van der Waals surface area contributed by atoms with E-state index in [1.807, 2.05) is 0 Å². The van der Waals surface area contributed by atoms with E-state index in [2.05, 4.69) is 10.0 Å². The van der Waals surface area contributed by atoms with Crippen LogP contribution in [-0.2, 0) is 15.6 Å². The number of halogens is 6. The molecule has 0 radical (unpaired) electrons. The number of nitrogens with one attached hydrogen (secondary N) is 3. The van der Waals surface area contributed by atoms with Gasteiger partial charge >= 0.3 is 10.2 Å². The van der Waals surface area contributed by atoms with Gasteiger partial charge in [0.15, 0.2) is 0 Å². The molecule has 14 heteroatoms. The quantitative estimate of drug-likeness (QED) is 0.211. The van der Waals surface area contributed by atoms with Crippen molar-refractivity contribution in [2.24, 2.45) is 0 Å². The van der Waals surface area contributed by atoms with Crippen LogP contribution in [0.2, 0.25) is 0 Å². The van der Waals surface area contributed by atoms with Gasteiger partial charge in [-0.05, 0) is 42.7 Å². The Labute approximate surface area is 193 Å². The predicted octanol–water partition coefficient (Wildman–Crippen LogP) is 6.34. The van der Waals surface area contributed by atoms with E-state index >= 15 is 0 Å². The largest absolute Gasteiger partial charge is 0.390 e. The fraction of sp³-hybridized carbons (Fsp3) is 0.350. The second-order valence-corrected chi connectivity index (χ2v) is 12.0. The molecule has 0 aromatic heterocycles. The van der Waals surface area contributed by atoms with Gasteiger partial charge in [-0.15, -0.1) is 0 Å². The molecule has 0 saturated heterocycles. The molecule has 2 unspecified atom stereocenters. The maximum atomic E-state index is 14.3. The van der Waals surface area contributed by atoms with Gasteiger partial charge in [0.25, 0.3) is 0 Å². The lowest BCUT2D eigenvalue weighted by Gasteiger charge is -2.42. The SMILES string of the molecule is CCC(O)C(CC)(Nc1cc(F)cc(NS(C)(=O)=O)c1C=N)c1ccc(S(F)(F)(F)(F)F)cc1. The topological polar surface area (TPSA) is 102 Å². The van der Waals surface area contributed by atoms with Gasteiger partial charge in [0.1, 0.15) is 10.7 Å². The third-order valence-corrected chi connectivity index (χ3v) is 7.02. The molecule has 192 valence electrons. The van der Waals surface area contributed by atoms with Crippen molar-refractivity contribution >= 4 is 37.8 Å². The molecular formula is C20H25F6N3O3S2. The lowest BCUT2D eigenvalue weighted by Crippen LogP contribution is -2.46. The van der Waals surface area contributed by atoms with Crippen LogP contribution in [0.25, 0.3) is 0 Å².